The molecule has 0 bridgehead atoms. The molecule has 4 heavy (non-hydrogen) atoms. The van der Waals surface area contributed by atoms with Gasteiger partial charge in [-0.1, -0.05) is 0 Å². The Morgan fingerprint density at radius 1 is 1.25 bits per heavy atom. The Labute approximate surface area is 97.4 Å². The first-order valence-corrected chi connectivity index (χ1v) is 0. The molecular formula is H6MgNdSiTi. The van der Waals surface area contributed by atoms with Gasteiger partial charge in [-0.3, -0.25) is 0 Å². The van der Waals surface area contributed by atoms with Crippen LogP contribution in [-0.4, -0.2) is 34.0 Å². The summed E-state index contributed by atoms with van der Waals surface area (Å²) in [5.41, 5.74) is 0. The molecule has 0 heterocycles. The molecule has 0 aromatic heterocycles. The van der Waals surface area contributed by atoms with E-state index in [2.05, 4.69) is 0 Å². The van der Waals surface area contributed by atoms with Crippen LogP contribution in [0.1, 0.15) is 2.85 Å². The summed E-state index contributed by atoms with van der Waals surface area (Å²) in [5, 5.41) is 0. The normalized spacial score (nSPS) is 0. The van der Waals surface area contributed by atoms with E-state index >= 15 is 0 Å². The van der Waals surface area contributed by atoms with E-state index in [0.717, 1.165) is 0 Å². The van der Waals surface area contributed by atoms with Gasteiger partial charge in [-0.15, -0.1) is 0 Å². The minimum absolute atomic E-state index is 0. The summed E-state index contributed by atoms with van der Waals surface area (Å²) >= 11 is 0. The van der Waals surface area contributed by atoms with Crippen molar-refractivity contribution in [2.24, 2.45) is 0 Å². The van der Waals surface area contributed by atoms with Gasteiger partial charge in [0.25, 0.3) is 0 Å². The monoisotopic (exact) mass is 248 g/mol. The molecule has 0 aromatic rings. The molecule has 0 unspecified atom stereocenters. The summed E-state index contributed by atoms with van der Waals surface area (Å²) in [5.74, 6) is 0. The Morgan fingerprint density at radius 3 is 1.25 bits per heavy atom. The van der Waals surface area contributed by atoms with Crippen molar-refractivity contribution in [1.29, 1.82) is 0 Å². The largest absolute Gasteiger partial charge is 2.00 e. The van der Waals surface area contributed by atoms with Gasteiger partial charge in [-0.25, -0.2) is 0 Å². The second-order valence-electron chi connectivity index (χ2n) is 0. The van der Waals surface area contributed by atoms with E-state index in [1.54, 1.807) is 0 Å². The quantitative estimate of drug-likeness (QED) is 0.454. The van der Waals surface area contributed by atoms with Gasteiger partial charge in [-0.05, 0) is 11.0 Å². The van der Waals surface area contributed by atoms with Crippen LogP contribution in [0, 0.1) is 40.8 Å². The minimum atomic E-state index is 0. The smallest absolute Gasteiger partial charge is 1.00 e. The Bertz CT molecular complexity index is 13.5. The molecule has 0 aromatic carbocycles. The van der Waals surface area contributed by atoms with Gasteiger partial charge in [0.05, 0.1) is 0 Å². The topological polar surface area (TPSA) is 0 Å². The zero-order valence-corrected chi connectivity index (χ0v) is 7.89. The number of rotatable bonds is 0. The maximum atomic E-state index is 0. The van der Waals surface area contributed by atoms with Crippen LogP contribution < -0.4 is 0 Å². The molecule has 0 radical (unpaired) electrons. The average Bonchev–Trinajstić information content (AvgIpc) is 0. The Balaban J connectivity index is 0. The van der Waals surface area contributed by atoms with Gasteiger partial charge in [0.1, 0.15) is 0 Å². The van der Waals surface area contributed by atoms with Crippen molar-refractivity contribution in [1.82, 2.24) is 0 Å². The molecule has 0 N–H and O–H groups in total. The van der Waals surface area contributed by atoms with Gasteiger partial charge in [0.2, 0.25) is 0 Å². The molecule has 20 valence electrons. The molecule has 0 nitrogen and oxygen atoms in total. The van der Waals surface area contributed by atoms with Gasteiger partial charge in [-0.2, -0.15) is 0 Å². The summed E-state index contributed by atoms with van der Waals surface area (Å²) in [6.45, 7) is 0. The van der Waals surface area contributed by atoms with Crippen molar-refractivity contribution in [3.05, 3.63) is 0 Å². The Hall–Kier alpha value is 3.05. The van der Waals surface area contributed by atoms with Crippen LogP contribution in [0.25, 0.3) is 0 Å². The fraction of sp³-hybridized carbons (Fsp3) is 0. The maximum absolute atomic E-state index is 0. The van der Waals surface area contributed by atoms with E-state index < -0.39 is 0 Å². The number of hydrogen-bond acceptors (Lipinski definition) is 0. The SMILES string of the molecule is [H-].[H-].[Mg+2].[Nd].[SiH4].[Ti]. The first-order chi connectivity index (χ1) is 0. The molecular weight excluding hydrogens is 244 g/mol. The van der Waals surface area contributed by atoms with Gasteiger partial charge < -0.3 is 2.85 Å². The zero-order valence-electron chi connectivity index (χ0n) is 3.71. The first-order valence-electron chi connectivity index (χ1n) is 0. The summed E-state index contributed by atoms with van der Waals surface area (Å²) in [7, 11) is 0. The third-order valence-electron chi connectivity index (χ3n) is 0. The van der Waals surface area contributed by atoms with Crippen LogP contribution in [0.15, 0.2) is 0 Å². The molecule has 0 fully saturated rings. The van der Waals surface area contributed by atoms with Crippen molar-refractivity contribution in [2.45, 2.75) is 0 Å². The Morgan fingerprint density at radius 2 is 1.25 bits per heavy atom. The molecule has 0 aliphatic heterocycles. The van der Waals surface area contributed by atoms with E-state index in [-0.39, 0.29) is 99.4 Å². The van der Waals surface area contributed by atoms with Crippen molar-refractivity contribution in [2.75, 3.05) is 0 Å². The molecule has 0 saturated carbocycles. The fourth-order valence-electron chi connectivity index (χ4n) is 0. The van der Waals surface area contributed by atoms with Crippen molar-refractivity contribution >= 4 is 34.0 Å². The molecule has 0 saturated heterocycles. The predicted molar refractivity (Wildman–Crippen MR) is 19.3 cm³/mol. The van der Waals surface area contributed by atoms with Gasteiger partial charge >= 0.3 is 23.1 Å². The molecule has 0 aliphatic rings. The molecule has 0 aliphatic carbocycles. The van der Waals surface area contributed by atoms with Crippen LogP contribution in [0.3, 0.4) is 0 Å². The first kappa shape index (κ1) is 27.7. The fourth-order valence-corrected chi connectivity index (χ4v) is 0. The Kier molecular flexibility index (Phi) is 115. The van der Waals surface area contributed by atoms with E-state index in [1.165, 1.54) is 0 Å². The summed E-state index contributed by atoms with van der Waals surface area (Å²) < 4.78 is 0. The molecule has 0 spiro atoms. The van der Waals surface area contributed by atoms with E-state index in [1.807, 2.05) is 0 Å². The van der Waals surface area contributed by atoms with Crippen molar-refractivity contribution < 1.29 is 65.4 Å². The third kappa shape index (κ3) is 8.90. The molecule has 0 atom stereocenters. The molecule has 0 amide bonds. The third-order valence-corrected chi connectivity index (χ3v) is 0. The average molecular weight is 251 g/mol. The summed E-state index contributed by atoms with van der Waals surface area (Å²) in [4.78, 5) is 0. The second kappa shape index (κ2) is 16.6. The van der Waals surface area contributed by atoms with Crippen LogP contribution >= 0.6 is 0 Å². The zero-order chi connectivity index (χ0) is 0. The van der Waals surface area contributed by atoms with E-state index in [0.29, 0.717) is 0 Å². The molecule has 4 heteroatoms. The standard InChI is InChI=1S/Mg.Nd.H4Si.Ti.2H/h;;1H4;;;/q+2;;;;2*-1. The van der Waals surface area contributed by atoms with Crippen molar-refractivity contribution in [3.63, 3.8) is 0 Å². The minimum Gasteiger partial charge on any atom is -1.00 e. The molecule has 0 rings (SSSR count). The van der Waals surface area contributed by atoms with E-state index in [4.69, 9.17) is 0 Å². The van der Waals surface area contributed by atoms with Gasteiger partial charge in [0.15, 0.2) is 0 Å². The summed E-state index contributed by atoms with van der Waals surface area (Å²) in [6.07, 6.45) is 0. The van der Waals surface area contributed by atoms with Crippen LogP contribution in [-0.2, 0) is 21.7 Å². The predicted octanol–water partition coefficient (Wildman–Crippen LogP) is -1.61. The van der Waals surface area contributed by atoms with Crippen LogP contribution in [0.5, 0.6) is 0 Å². The van der Waals surface area contributed by atoms with E-state index in [9.17, 15) is 0 Å². The number of hydrogen-bond donors (Lipinski definition) is 0. The van der Waals surface area contributed by atoms with Gasteiger partial charge in [0, 0.05) is 62.6 Å². The van der Waals surface area contributed by atoms with Crippen molar-refractivity contribution in [3.8, 4) is 0 Å². The van der Waals surface area contributed by atoms with Crippen LogP contribution in [0.4, 0.5) is 0 Å². The summed E-state index contributed by atoms with van der Waals surface area (Å²) in [6, 6.07) is 0. The second-order valence-corrected chi connectivity index (χ2v) is 0. The maximum Gasteiger partial charge on any atom is 2.00 e. The van der Waals surface area contributed by atoms with Crippen LogP contribution in [0.2, 0.25) is 0 Å².